The number of aliphatic imine (C=N–C) groups is 1. The third-order valence-electron chi connectivity index (χ3n) is 3.88. The lowest BCUT2D eigenvalue weighted by atomic mass is 9.96. The Kier molecular flexibility index (Phi) is 4.13. The minimum atomic E-state index is -0.273. The van der Waals surface area contributed by atoms with Gasteiger partial charge in [0.25, 0.3) is 0 Å². The fraction of sp³-hybridized carbons (Fsp3) is 0.222. The van der Waals surface area contributed by atoms with Crippen molar-refractivity contribution in [3.05, 3.63) is 58.9 Å². The molecule has 118 valence electrons. The highest BCUT2D eigenvalue weighted by Crippen LogP contribution is 2.30. The van der Waals surface area contributed by atoms with E-state index in [9.17, 15) is 4.39 Å². The number of hydrogen-bond acceptors (Lipinski definition) is 3. The predicted octanol–water partition coefficient (Wildman–Crippen LogP) is 3.79. The Bertz CT molecular complexity index is 812. The minimum Gasteiger partial charge on any atom is -0.375 e. The van der Waals surface area contributed by atoms with Gasteiger partial charge >= 0.3 is 0 Å². The van der Waals surface area contributed by atoms with Crippen molar-refractivity contribution >= 4 is 34.3 Å². The molecule has 0 aliphatic carbocycles. The molecule has 0 atom stereocenters. The average Bonchev–Trinajstić information content (AvgIpc) is 2.65. The molecule has 0 unspecified atom stereocenters. The third-order valence-corrected chi connectivity index (χ3v) is 4.11. The van der Waals surface area contributed by atoms with Gasteiger partial charge in [-0.15, -0.1) is 0 Å². The monoisotopic (exact) mass is 327 g/mol. The summed E-state index contributed by atoms with van der Waals surface area (Å²) in [5.41, 5.74) is 4.92. The van der Waals surface area contributed by atoms with Crippen LogP contribution in [0, 0.1) is 12.7 Å². The zero-order chi connectivity index (χ0) is 16.6. The van der Waals surface area contributed by atoms with E-state index in [1.807, 2.05) is 45.3 Å². The second-order valence-corrected chi connectivity index (χ2v) is 6.26. The first-order valence-corrected chi connectivity index (χ1v) is 7.79. The maximum atomic E-state index is 14.5. The van der Waals surface area contributed by atoms with Crippen LogP contribution in [0.5, 0.6) is 0 Å². The second-order valence-electron chi connectivity index (χ2n) is 5.77. The lowest BCUT2D eigenvalue weighted by Gasteiger charge is -2.18. The molecule has 0 spiro atoms. The molecule has 2 aromatic rings. The van der Waals surface area contributed by atoms with Crippen molar-refractivity contribution in [3.63, 3.8) is 0 Å². The fourth-order valence-electron chi connectivity index (χ4n) is 2.70. The average molecular weight is 327 g/mol. The maximum Gasteiger partial charge on any atom is 0.147 e. The normalized spacial score (nSPS) is 13.7. The van der Waals surface area contributed by atoms with Crippen LogP contribution < -0.4 is 10.2 Å². The van der Waals surface area contributed by atoms with Gasteiger partial charge < -0.3 is 10.2 Å². The maximum absolute atomic E-state index is 14.5. The molecular formula is C18H18FN3S. The number of hydrogen-bond donors (Lipinski definition) is 1. The van der Waals surface area contributed by atoms with Crippen molar-refractivity contribution in [1.29, 1.82) is 0 Å². The summed E-state index contributed by atoms with van der Waals surface area (Å²) in [7, 11) is 3.63. The highest BCUT2D eigenvalue weighted by atomic mass is 32.1. The summed E-state index contributed by atoms with van der Waals surface area (Å²) in [4.78, 5) is 7.00. The lowest BCUT2D eigenvalue weighted by molar-refractivity contribution is 0.626. The van der Waals surface area contributed by atoms with Crippen LogP contribution in [-0.4, -0.2) is 31.3 Å². The number of benzene rings is 2. The van der Waals surface area contributed by atoms with Crippen molar-refractivity contribution in [2.75, 3.05) is 30.9 Å². The number of rotatable bonds is 2. The van der Waals surface area contributed by atoms with Gasteiger partial charge in [-0.05, 0) is 24.6 Å². The predicted molar refractivity (Wildman–Crippen MR) is 98.6 cm³/mol. The molecule has 23 heavy (non-hydrogen) atoms. The molecule has 1 N–H and O–H groups in total. The molecule has 0 saturated carbocycles. The van der Waals surface area contributed by atoms with E-state index in [0.717, 1.165) is 28.1 Å². The summed E-state index contributed by atoms with van der Waals surface area (Å²) in [5.74, 6) is -0.273. The van der Waals surface area contributed by atoms with Crippen molar-refractivity contribution in [1.82, 2.24) is 0 Å². The van der Waals surface area contributed by atoms with E-state index in [1.165, 1.54) is 6.07 Å². The Morgan fingerprint density at radius 1 is 1.17 bits per heavy atom. The highest BCUT2D eigenvalue weighted by Gasteiger charge is 2.20. The van der Waals surface area contributed by atoms with Gasteiger partial charge in [-0.2, -0.15) is 0 Å². The van der Waals surface area contributed by atoms with Gasteiger partial charge in [0, 0.05) is 25.2 Å². The third kappa shape index (κ3) is 2.97. The molecule has 1 aliphatic rings. The van der Waals surface area contributed by atoms with Crippen LogP contribution >= 0.6 is 12.2 Å². The second kappa shape index (κ2) is 6.08. The zero-order valence-corrected chi connectivity index (χ0v) is 14.2. The van der Waals surface area contributed by atoms with Crippen LogP contribution in [0.15, 0.2) is 41.4 Å². The summed E-state index contributed by atoms with van der Waals surface area (Å²) >= 11 is 5.32. The first-order valence-electron chi connectivity index (χ1n) is 7.39. The van der Waals surface area contributed by atoms with Crippen LogP contribution in [0.4, 0.5) is 15.8 Å². The number of halogens is 1. The van der Waals surface area contributed by atoms with Crippen molar-refractivity contribution in [2.45, 2.75) is 6.92 Å². The van der Waals surface area contributed by atoms with E-state index in [2.05, 4.69) is 10.3 Å². The molecular weight excluding hydrogens is 309 g/mol. The Hall–Kier alpha value is -2.27. The number of thiocarbonyl (C=S) groups is 1. The molecule has 0 bridgehead atoms. The fourth-order valence-corrected chi connectivity index (χ4v) is 2.87. The molecule has 0 amide bonds. The largest absolute Gasteiger partial charge is 0.375 e. The standard InChI is InChI=1S/C18H18FN3S/c1-11-6-4-5-7-12(11)18-13-8-14(19)16(22(2)3)9-15(13)21-17(23)10-20-18/h4-9H,10H2,1-3H3,(H,21,23). The first-order chi connectivity index (χ1) is 11.0. The molecule has 3 rings (SSSR count). The Balaban J connectivity index is 2.23. The van der Waals surface area contributed by atoms with Crippen molar-refractivity contribution in [3.8, 4) is 0 Å². The number of anilines is 2. The van der Waals surface area contributed by atoms with E-state index in [-0.39, 0.29) is 5.82 Å². The Morgan fingerprint density at radius 3 is 2.61 bits per heavy atom. The van der Waals surface area contributed by atoms with E-state index in [0.29, 0.717) is 17.2 Å². The SMILES string of the molecule is Cc1ccccc1C1=NCC(=S)Nc2cc(N(C)C)c(F)cc21. The van der Waals surface area contributed by atoms with Crippen LogP contribution in [0.1, 0.15) is 16.7 Å². The van der Waals surface area contributed by atoms with Gasteiger partial charge in [0.15, 0.2) is 0 Å². The van der Waals surface area contributed by atoms with Gasteiger partial charge in [0.05, 0.1) is 23.6 Å². The van der Waals surface area contributed by atoms with Gasteiger partial charge in [-0.25, -0.2) is 4.39 Å². The van der Waals surface area contributed by atoms with Crippen LogP contribution in [0.25, 0.3) is 0 Å². The van der Waals surface area contributed by atoms with Crippen LogP contribution in [-0.2, 0) is 0 Å². The summed E-state index contributed by atoms with van der Waals surface area (Å²) in [6, 6.07) is 11.3. The van der Waals surface area contributed by atoms with E-state index < -0.39 is 0 Å². The Morgan fingerprint density at radius 2 is 1.91 bits per heavy atom. The number of nitrogens with one attached hydrogen (secondary N) is 1. The van der Waals surface area contributed by atoms with E-state index in [1.54, 1.807) is 11.0 Å². The first kappa shape index (κ1) is 15.6. The van der Waals surface area contributed by atoms with Crippen LogP contribution in [0.3, 0.4) is 0 Å². The molecule has 0 aromatic heterocycles. The van der Waals surface area contributed by atoms with Crippen molar-refractivity contribution < 1.29 is 4.39 Å². The van der Waals surface area contributed by atoms with Gasteiger partial charge in [0.1, 0.15) is 10.8 Å². The summed E-state index contributed by atoms with van der Waals surface area (Å²) < 4.78 is 14.5. The molecule has 1 aliphatic heterocycles. The Labute approximate surface area is 140 Å². The summed E-state index contributed by atoms with van der Waals surface area (Å²) in [5, 5.41) is 3.19. The summed E-state index contributed by atoms with van der Waals surface area (Å²) in [6.07, 6.45) is 0. The zero-order valence-electron chi connectivity index (χ0n) is 13.4. The number of benzodiazepines with no additional fused rings is 1. The molecule has 0 radical (unpaired) electrons. The van der Waals surface area contributed by atoms with Crippen molar-refractivity contribution in [2.24, 2.45) is 4.99 Å². The topological polar surface area (TPSA) is 27.6 Å². The van der Waals surface area contributed by atoms with E-state index >= 15 is 0 Å². The summed E-state index contributed by atoms with van der Waals surface area (Å²) in [6.45, 7) is 2.42. The number of aryl methyl sites for hydroxylation is 1. The van der Waals surface area contributed by atoms with Gasteiger partial charge in [0.2, 0.25) is 0 Å². The lowest BCUT2D eigenvalue weighted by Crippen LogP contribution is -2.15. The molecule has 3 nitrogen and oxygen atoms in total. The molecule has 1 heterocycles. The molecule has 5 heteroatoms. The number of nitrogens with zero attached hydrogens (tertiary/aromatic N) is 2. The van der Waals surface area contributed by atoms with Gasteiger partial charge in [-0.3, -0.25) is 4.99 Å². The molecule has 0 fully saturated rings. The smallest absolute Gasteiger partial charge is 0.147 e. The number of fused-ring (bicyclic) bond motifs is 1. The quantitative estimate of drug-likeness (QED) is 0.851. The molecule has 2 aromatic carbocycles. The van der Waals surface area contributed by atoms with E-state index in [4.69, 9.17) is 12.2 Å². The minimum absolute atomic E-state index is 0.273. The van der Waals surface area contributed by atoms with Crippen LogP contribution in [0.2, 0.25) is 0 Å². The highest BCUT2D eigenvalue weighted by molar-refractivity contribution is 7.80. The molecule has 0 saturated heterocycles. The van der Waals surface area contributed by atoms with Gasteiger partial charge in [-0.1, -0.05) is 36.5 Å².